The monoisotopic (exact) mass is 571 g/mol. The van der Waals surface area contributed by atoms with Crippen LogP contribution in [-0.4, -0.2) is 118 Å². The maximum absolute atomic E-state index is 13.1. The van der Waals surface area contributed by atoms with Crippen molar-refractivity contribution in [1.29, 1.82) is 0 Å². The standard InChI is InChI=1S/C22H33N7O11/c1-6-24-16-17(28(12-38-4)22(36)27(16)11-37-3)29(20(24)34)13-40-15(31)8-10-26-19(33)23(2)18(32)25(21(26)35)9-7-14(30)39-5/h16-17H,6-13H2,1-5H3. The first-order chi connectivity index (χ1) is 19.0. The van der Waals surface area contributed by atoms with Crippen molar-refractivity contribution in [3.8, 4) is 0 Å². The van der Waals surface area contributed by atoms with Gasteiger partial charge in [-0.25, -0.2) is 37.7 Å². The first-order valence-corrected chi connectivity index (χ1v) is 12.3. The van der Waals surface area contributed by atoms with Crippen molar-refractivity contribution in [2.75, 3.05) is 48.1 Å². The number of esters is 2. The van der Waals surface area contributed by atoms with E-state index in [0.717, 1.165) is 14.2 Å². The molecule has 1 aromatic heterocycles. The van der Waals surface area contributed by atoms with Gasteiger partial charge in [-0.15, -0.1) is 0 Å². The Morgan fingerprint density at radius 1 is 0.675 bits per heavy atom. The number of rotatable bonds is 13. The van der Waals surface area contributed by atoms with E-state index in [-0.39, 0.29) is 33.0 Å². The van der Waals surface area contributed by atoms with Gasteiger partial charge in [0.15, 0.2) is 19.1 Å². The van der Waals surface area contributed by atoms with Crippen LogP contribution in [0.2, 0.25) is 0 Å². The number of hydrogen-bond acceptors (Lipinski definition) is 11. The molecule has 0 N–H and O–H groups in total. The molecule has 2 aliphatic heterocycles. The normalized spacial score (nSPS) is 18.5. The van der Waals surface area contributed by atoms with Crippen molar-refractivity contribution < 1.29 is 38.1 Å². The third-order valence-electron chi connectivity index (χ3n) is 6.57. The molecule has 40 heavy (non-hydrogen) atoms. The van der Waals surface area contributed by atoms with Gasteiger partial charge in [-0.3, -0.25) is 24.3 Å². The molecule has 0 aromatic carbocycles. The predicted molar refractivity (Wildman–Crippen MR) is 132 cm³/mol. The van der Waals surface area contributed by atoms with Gasteiger partial charge in [-0.1, -0.05) is 0 Å². The molecule has 0 bridgehead atoms. The summed E-state index contributed by atoms with van der Waals surface area (Å²) in [6.45, 7) is 0.511. The lowest BCUT2D eigenvalue weighted by Crippen LogP contribution is -2.54. The minimum atomic E-state index is -1.00. The number of urea groups is 2. The largest absolute Gasteiger partial charge is 0.469 e. The van der Waals surface area contributed by atoms with Gasteiger partial charge in [0.25, 0.3) is 0 Å². The van der Waals surface area contributed by atoms with E-state index in [4.69, 9.17) is 14.2 Å². The van der Waals surface area contributed by atoms with Gasteiger partial charge < -0.3 is 23.8 Å². The zero-order valence-corrected chi connectivity index (χ0v) is 22.9. The molecule has 0 saturated carbocycles. The van der Waals surface area contributed by atoms with Crippen LogP contribution in [-0.2, 0) is 48.7 Å². The van der Waals surface area contributed by atoms with E-state index in [0.29, 0.717) is 13.7 Å². The van der Waals surface area contributed by atoms with Crippen LogP contribution in [0, 0.1) is 0 Å². The third kappa shape index (κ3) is 5.57. The number of amides is 4. The number of aromatic nitrogens is 3. The second kappa shape index (κ2) is 12.8. The van der Waals surface area contributed by atoms with Crippen LogP contribution in [0.3, 0.4) is 0 Å². The van der Waals surface area contributed by atoms with Crippen molar-refractivity contribution in [2.24, 2.45) is 7.05 Å². The summed E-state index contributed by atoms with van der Waals surface area (Å²) in [6, 6.07) is -0.915. The Labute approximate surface area is 227 Å². The molecule has 0 spiro atoms. The highest BCUT2D eigenvalue weighted by Crippen LogP contribution is 2.34. The predicted octanol–water partition coefficient (Wildman–Crippen LogP) is -2.48. The van der Waals surface area contributed by atoms with Crippen LogP contribution in [0.15, 0.2) is 14.4 Å². The van der Waals surface area contributed by atoms with Gasteiger partial charge >= 0.3 is 41.1 Å². The summed E-state index contributed by atoms with van der Waals surface area (Å²) < 4.78 is 22.1. The molecule has 1 aromatic rings. The number of hydrogen-bond donors (Lipinski definition) is 0. The molecular formula is C22H33N7O11. The first-order valence-electron chi connectivity index (χ1n) is 12.3. The van der Waals surface area contributed by atoms with E-state index < -0.39 is 73.1 Å². The Hall–Kier alpha value is -4.19. The summed E-state index contributed by atoms with van der Waals surface area (Å²) in [5, 5.41) is 0. The lowest BCUT2D eigenvalue weighted by molar-refractivity contribution is -0.149. The van der Waals surface area contributed by atoms with Crippen molar-refractivity contribution in [3.05, 3.63) is 31.5 Å². The minimum absolute atomic E-state index is 0.0802. The zero-order valence-electron chi connectivity index (χ0n) is 22.9. The quantitative estimate of drug-likeness (QED) is 0.228. The fourth-order valence-electron chi connectivity index (χ4n) is 4.62. The van der Waals surface area contributed by atoms with Crippen molar-refractivity contribution in [1.82, 2.24) is 33.3 Å². The Morgan fingerprint density at radius 2 is 1.12 bits per heavy atom. The maximum Gasteiger partial charge on any atom is 0.336 e. The zero-order chi connectivity index (χ0) is 29.7. The van der Waals surface area contributed by atoms with Crippen molar-refractivity contribution in [2.45, 2.75) is 45.2 Å². The summed E-state index contributed by atoms with van der Waals surface area (Å²) in [7, 11) is 5.12. The topological polar surface area (TPSA) is 184 Å². The molecule has 18 heteroatoms. The first kappa shape index (κ1) is 30.4. The van der Waals surface area contributed by atoms with E-state index in [9.17, 15) is 33.6 Å². The molecule has 2 saturated heterocycles. The van der Waals surface area contributed by atoms with Gasteiger partial charge in [0.2, 0.25) is 0 Å². The third-order valence-corrected chi connectivity index (χ3v) is 6.57. The SMILES string of the molecule is CCN1C(=O)N(COC(=O)CCn2c(=O)n(C)c(=O)n(CCC(=O)OC)c2=O)C2C1N(COC)C(=O)N2COC. The van der Waals surface area contributed by atoms with Crippen LogP contribution in [0.25, 0.3) is 0 Å². The number of methoxy groups -OCH3 is 3. The Kier molecular flexibility index (Phi) is 9.69. The minimum Gasteiger partial charge on any atom is -0.469 e. The van der Waals surface area contributed by atoms with Gasteiger partial charge in [0.1, 0.15) is 13.5 Å². The summed E-state index contributed by atoms with van der Waals surface area (Å²) in [5.41, 5.74) is -2.88. The molecule has 222 valence electrons. The Balaban J connectivity index is 1.74. The van der Waals surface area contributed by atoms with E-state index >= 15 is 0 Å². The molecule has 2 atom stereocenters. The van der Waals surface area contributed by atoms with Crippen LogP contribution in [0.5, 0.6) is 0 Å². The molecule has 18 nitrogen and oxygen atoms in total. The lowest BCUT2D eigenvalue weighted by atomic mass is 10.3. The second-order valence-electron chi connectivity index (χ2n) is 8.85. The molecule has 3 rings (SSSR count). The lowest BCUT2D eigenvalue weighted by Gasteiger charge is -2.28. The fraction of sp³-hybridized carbons (Fsp3) is 0.682. The highest BCUT2D eigenvalue weighted by molar-refractivity contribution is 5.85. The number of likely N-dealkylation sites (N-methyl/N-ethyl adjacent to an activating group) is 1. The molecule has 4 amide bonds. The van der Waals surface area contributed by atoms with Gasteiger partial charge in [0, 0.05) is 40.9 Å². The van der Waals surface area contributed by atoms with Gasteiger partial charge in [0.05, 0.1) is 20.0 Å². The molecule has 0 aliphatic carbocycles. The number of carbonyl (C=O) groups is 4. The van der Waals surface area contributed by atoms with Crippen LogP contribution in [0.1, 0.15) is 19.8 Å². The summed E-state index contributed by atoms with van der Waals surface area (Å²) in [6.07, 6.45) is -2.28. The number of fused-ring (bicyclic) bond motifs is 1. The second-order valence-corrected chi connectivity index (χ2v) is 8.85. The summed E-state index contributed by atoms with van der Waals surface area (Å²) >= 11 is 0. The summed E-state index contributed by atoms with van der Waals surface area (Å²) in [5.74, 6) is -1.51. The van der Waals surface area contributed by atoms with Gasteiger partial charge in [-0.05, 0) is 6.92 Å². The van der Waals surface area contributed by atoms with Gasteiger partial charge in [-0.2, -0.15) is 0 Å². The number of ether oxygens (including phenoxy) is 4. The van der Waals surface area contributed by atoms with E-state index in [2.05, 4.69) is 4.74 Å². The molecular weight excluding hydrogens is 538 g/mol. The Bertz CT molecular complexity index is 1320. The summed E-state index contributed by atoms with van der Waals surface area (Å²) in [4.78, 5) is 93.2. The van der Waals surface area contributed by atoms with Crippen molar-refractivity contribution >= 4 is 24.0 Å². The van der Waals surface area contributed by atoms with Crippen molar-refractivity contribution in [3.63, 3.8) is 0 Å². The maximum atomic E-state index is 13.1. The average Bonchev–Trinajstić information content (AvgIpc) is 3.35. The molecule has 2 aliphatic rings. The van der Waals surface area contributed by atoms with Crippen LogP contribution in [0.4, 0.5) is 9.59 Å². The average molecular weight is 572 g/mol. The highest BCUT2D eigenvalue weighted by atomic mass is 16.5. The molecule has 0 radical (unpaired) electrons. The van der Waals surface area contributed by atoms with E-state index in [1.54, 1.807) is 6.92 Å². The fourth-order valence-corrected chi connectivity index (χ4v) is 4.62. The molecule has 2 unspecified atom stereocenters. The van der Waals surface area contributed by atoms with E-state index in [1.807, 2.05) is 0 Å². The van der Waals surface area contributed by atoms with Crippen LogP contribution >= 0.6 is 0 Å². The number of nitrogens with zero attached hydrogens (tertiary/aromatic N) is 7. The molecule has 2 fully saturated rings. The Morgan fingerprint density at radius 3 is 1.60 bits per heavy atom. The highest BCUT2D eigenvalue weighted by Gasteiger charge is 2.59. The molecule has 3 heterocycles. The van der Waals surface area contributed by atoms with E-state index in [1.165, 1.54) is 33.8 Å². The number of carbonyl (C=O) groups excluding carboxylic acids is 4. The smallest absolute Gasteiger partial charge is 0.336 e. The van der Waals surface area contributed by atoms with Crippen LogP contribution < -0.4 is 17.1 Å².